The highest BCUT2D eigenvalue weighted by Gasteiger charge is 2.27. The lowest BCUT2D eigenvalue weighted by Crippen LogP contribution is -2.23. The van der Waals surface area contributed by atoms with Crippen LogP contribution in [0.15, 0.2) is 42.5 Å². The Balaban J connectivity index is 1.71. The molecule has 2 heterocycles. The standard InChI is InChI=1S/C19H22FN3O/c20-15-8-6-14(7-9-15)13-23-12-2-5-18(23)17-4-1-3-16(22-17)10-11-19(21)24/h1,3-4,6-9,18H,2,5,10-13H2,(H2,21,24)/t18-/m1/s1. The van der Waals surface area contributed by atoms with Gasteiger partial charge in [-0.25, -0.2) is 4.39 Å². The molecule has 0 aliphatic carbocycles. The van der Waals surface area contributed by atoms with Gasteiger partial charge in [0.1, 0.15) is 5.82 Å². The minimum Gasteiger partial charge on any atom is -0.370 e. The van der Waals surface area contributed by atoms with Gasteiger partial charge in [0.15, 0.2) is 0 Å². The summed E-state index contributed by atoms with van der Waals surface area (Å²) in [5, 5.41) is 0. The number of benzene rings is 1. The molecule has 1 aliphatic heterocycles. The summed E-state index contributed by atoms with van der Waals surface area (Å²) in [6.45, 7) is 1.80. The zero-order chi connectivity index (χ0) is 16.9. The minimum atomic E-state index is -0.305. The lowest BCUT2D eigenvalue weighted by molar-refractivity contribution is -0.118. The summed E-state index contributed by atoms with van der Waals surface area (Å²) in [6, 6.07) is 12.9. The fraction of sp³-hybridized carbons (Fsp3) is 0.368. The molecule has 1 fully saturated rings. The number of carbonyl (C=O) groups is 1. The molecule has 3 rings (SSSR count). The Bertz CT molecular complexity index is 702. The zero-order valence-corrected chi connectivity index (χ0v) is 13.6. The molecular weight excluding hydrogens is 305 g/mol. The fourth-order valence-corrected chi connectivity index (χ4v) is 3.25. The maximum absolute atomic E-state index is 13.1. The lowest BCUT2D eigenvalue weighted by atomic mass is 10.1. The Kier molecular flexibility index (Phi) is 5.20. The molecular formula is C19H22FN3O. The summed E-state index contributed by atoms with van der Waals surface area (Å²) >= 11 is 0. The van der Waals surface area contributed by atoms with E-state index in [4.69, 9.17) is 10.7 Å². The van der Waals surface area contributed by atoms with E-state index >= 15 is 0 Å². The molecule has 1 saturated heterocycles. The van der Waals surface area contributed by atoms with Crippen molar-refractivity contribution in [2.24, 2.45) is 5.73 Å². The smallest absolute Gasteiger partial charge is 0.217 e. The van der Waals surface area contributed by atoms with Crippen molar-refractivity contribution in [3.05, 3.63) is 65.2 Å². The van der Waals surface area contributed by atoms with E-state index in [1.807, 2.05) is 30.3 Å². The van der Waals surface area contributed by atoms with E-state index in [0.29, 0.717) is 12.8 Å². The number of halogens is 1. The quantitative estimate of drug-likeness (QED) is 0.887. The van der Waals surface area contributed by atoms with Crippen LogP contribution in [0.4, 0.5) is 4.39 Å². The van der Waals surface area contributed by atoms with Crippen LogP contribution >= 0.6 is 0 Å². The molecule has 0 saturated carbocycles. The van der Waals surface area contributed by atoms with Crippen molar-refractivity contribution in [3.63, 3.8) is 0 Å². The van der Waals surface area contributed by atoms with Gasteiger partial charge in [-0.3, -0.25) is 14.7 Å². The van der Waals surface area contributed by atoms with Gasteiger partial charge >= 0.3 is 0 Å². The van der Waals surface area contributed by atoms with Crippen LogP contribution in [0.25, 0.3) is 0 Å². The molecule has 5 heteroatoms. The normalized spacial score (nSPS) is 18.0. The van der Waals surface area contributed by atoms with E-state index < -0.39 is 0 Å². The molecule has 0 bridgehead atoms. The van der Waals surface area contributed by atoms with E-state index in [1.165, 1.54) is 12.1 Å². The van der Waals surface area contributed by atoms with Crippen LogP contribution in [0, 0.1) is 5.82 Å². The average molecular weight is 327 g/mol. The monoisotopic (exact) mass is 327 g/mol. The number of likely N-dealkylation sites (tertiary alicyclic amines) is 1. The highest BCUT2D eigenvalue weighted by Crippen LogP contribution is 2.32. The number of carbonyl (C=O) groups excluding carboxylic acids is 1. The molecule has 1 aliphatic rings. The largest absolute Gasteiger partial charge is 0.370 e. The predicted molar refractivity (Wildman–Crippen MR) is 90.5 cm³/mol. The van der Waals surface area contributed by atoms with E-state index in [9.17, 15) is 9.18 Å². The van der Waals surface area contributed by atoms with Crippen molar-refractivity contribution in [2.75, 3.05) is 6.54 Å². The molecule has 1 atom stereocenters. The number of primary amides is 1. The maximum Gasteiger partial charge on any atom is 0.217 e. The lowest BCUT2D eigenvalue weighted by Gasteiger charge is -2.24. The van der Waals surface area contributed by atoms with Crippen LogP contribution in [0.1, 0.15) is 42.3 Å². The molecule has 4 nitrogen and oxygen atoms in total. The SMILES string of the molecule is NC(=O)CCc1cccc([C@H]2CCCN2Cc2ccc(F)cc2)n1. The second-order valence-corrected chi connectivity index (χ2v) is 6.28. The van der Waals surface area contributed by atoms with Gasteiger partial charge in [0, 0.05) is 18.7 Å². The van der Waals surface area contributed by atoms with Gasteiger partial charge in [-0.1, -0.05) is 18.2 Å². The van der Waals surface area contributed by atoms with Crippen molar-refractivity contribution in [1.29, 1.82) is 0 Å². The highest BCUT2D eigenvalue weighted by atomic mass is 19.1. The van der Waals surface area contributed by atoms with Gasteiger partial charge in [0.2, 0.25) is 5.91 Å². The second kappa shape index (κ2) is 7.53. The van der Waals surface area contributed by atoms with Crippen LogP contribution in [0.3, 0.4) is 0 Å². The van der Waals surface area contributed by atoms with Crippen molar-refractivity contribution in [3.8, 4) is 0 Å². The van der Waals surface area contributed by atoms with E-state index in [-0.39, 0.29) is 17.8 Å². The topological polar surface area (TPSA) is 59.2 Å². The number of aryl methyl sites for hydroxylation is 1. The van der Waals surface area contributed by atoms with E-state index in [2.05, 4.69) is 4.90 Å². The molecule has 1 aromatic carbocycles. The van der Waals surface area contributed by atoms with Crippen molar-refractivity contribution >= 4 is 5.91 Å². The van der Waals surface area contributed by atoms with Crippen molar-refractivity contribution in [2.45, 2.75) is 38.3 Å². The van der Waals surface area contributed by atoms with Gasteiger partial charge in [0.05, 0.1) is 11.7 Å². The third-order valence-corrected chi connectivity index (χ3v) is 4.46. The number of hydrogen-bond donors (Lipinski definition) is 1. The number of nitrogens with two attached hydrogens (primary N) is 1. The Hall–Kier alpha value is -2.27. The van der Waals surface area contributed by atoms with Gasteiger partial charge in [-0.2, -0.15) is 0 Å². The highest BCUT2D eigenvalue weighted by molar-refractivity contribution is 5.73. The van der Waals surface area contributed by atoms with Crippen LogP contribution in [-0.4, -0.2) is 22.3 Å². The first-order valence-electron chi connectivity index (χ1n) is 8.34. The number of amides is 1. The van der Waals surface area contributed by atoms with Gasteiger partial charge in [-0.05, 0) is 55.6 Å². The van der Waals surface area contributed by atoms with Gasteiger partial charge in [-0.15, -0.1) is 0 Å². The molecule has 1 aromatic heterocycles. The average Bonchev–Trinajstić information content (AvgIpc) is 3.03. The molecule has 0 unspecified atom stereocenters. The minimum absolute atomic E-state index is 0.208. The van der Waals surface area contributed by atoms with Gasteiger partial charge < -0.3 is 5.73 Å². The summed E-state index contributed by atoms with van der Waals surface area (Å²) in [6.07, 6.45) is 3.08. The molecule has 0 radical (unpaired) electrons. The van der Waals surface area contributed by atoms with Crippen LogP contribution in [0.5, 0.6) is 0 Å². The molecule has 2 aromatic rings. The second-order valence-electron chi connectivity index (χ2n) is 6.28. The summed E-state index contributed by atoms with van der Waals surface area (Å²) in [5.41, 5.74) is 8.26. The first-order valence-corrected chi connectivity index (χ1v) is 8.34. The summed E-state index contributed by atoms with van der Waals surface area (Å²) in [4.78, 5) is 18.1. The number of hydrogen-bond acceptors (Lipinski definition) is 3. The number of rotatable bonds is 6. The maximum atomic E-state index is 13.1. The van der Waals surface area contributed by atoms with Crippen LogP contribution in [0.2, 0.25) is 0 Å². The Morgan fingerprint density at radius 3 is 2.79 bits per heavy atom. The number of pyridine rings is 1. The summed E-state index contributed by atoms with van der Waals surface area (Å²) in [7, 11) is 0. The Labute approximate surface area is 141 Å². The summed E-state index contributed by atoms with van der Waals surface area (Å²) in [5.74, 6) is -0.512. The molecule has 2 N–H and O–H groups in total. The third-order valence-electron chi connectivity index (χ3n) is 4.46. The van der Waals surface area contributed by atoms with E-state index in [1.54, 1.807) is 0 Å². The first-order chi connectivity index (χ1) is 11.6. The Morgan fingerprint density at radius 1 is 1.25 bits per heavy atom. The van der Waals surface area contributed by atoms with Crippen molar-refractivity contribution in [1.82, 2.24) is 9.88 Å². The third kappa shape index (κ3) is 4.17. The van der Waals surface area contributed by atoms with Crippen LogP contribution < -0.4 is 5.73 Å². The molecule has 0 spiro atoms. The molecule has 1 amide bonds. The van der Waals surface area contributed by atoms with Gasteiger partial charge in [0.25, 0.3) is 0 Å². The fourth-order valence-electron chi connectivity index (χ4n) is 3.25. The summed E-state index contributed by atoms with van der Waals surface area (Å²) < 4.78 is 13.1. The molecule has 24 heavy (non-hydrogen) atoms. The number of aromatic nitrogens is 1. The Morgan fingerprint density at radius 2 is 2.04 bits per heavy atom. The van der Waals surface area contributed by atoms with E-state index in [0.717, 1.165) is 42.9 Å². The predicted octanol–water partition coefficient (Wildman–Crippen LogP) is 2.98. The van der Waals surface area contributed by atoms with Crippen LogP contribution in [-0.2, 0) is 17.8 Å². The first kappa shape index (κ1) is 16.6. The zero-order valence-electron chi connectivity index (χ0n) is 13.6. The number of nitrogens with zero attached hydrogens (tertiary/aromatic N) is 2. The molecule has 126 valence electrons. The van der Waals surface area contributed by atoms with Crippen molar-refractivity contribution < 1.29 is 9.18 Å².